The molecule has 2 unspecified atom stereocenters. The Morgan fingerprint density at radius 2 is 1.60 bits per heavy atom. The molecule has 0 nitrogen and oxygen atoms in total. The van der Waals surface area contributed by atoms with Crippen LogP contribution in [0.5, 0.6) is 0 Å². The number of hydrogen-bond donors (Lipinski definition) is 0. The smallest absolute Gasteiger partial charge is 0.172 e. The zero-order valence-electron chi connectivity index (χ0n) is 20.6. The molecule has 0 bridgehead atoms. The van der Waals surface area contributed by atoms with Crippen LogP contribution in [0.4, 0.5) is 0 Å². The van der Waals surface area contributed by atoms with Crippen molar-refractivity contribution in [3.63, 3.8) is 0 Å². The largest absolute Gasteiger partial charge is 0.214 e. The van der Waals surface area contributed by atoms with Crippen LogP contribution in [0.15, 0.2) is 83.5 Å². The minimum atomic E-state index is 0. The van der Waals surface area contributed by atoms with Crippen LogP contribution in [0, 0.1) is 18.3 Å². The summed E-state index contributed by atoms with van der Waals surface area (Å²) in [6.07, 6.45) is 22.6. The summed E-state index contributed by atoms with van der Waals surface area (Å²) in [6, 6.07) is 19.1. The molecule has 5 aliphatic carbocycles. The van der Waals surface area contributed by atoms with Crippen LogP contribution in [0.3, 0.4) is 0 Å². The van der Waals surface area contributed by atoms with Crippen LogP contribution < -0.4 is 24.8 Å². The predicted molar refractivity (Wildman–Crippen MR) is 138 cm³/mol. The Morgan fingerprint density at radius 3 is 2.29 bits per heavy atom. The van der Waals surface area contributed by atoms with Gasteiger partial charge in [-0.1, -0.05) is 66.0 Å². The first-order valence-corrected chi connectivity index (χ1v) is 14.3. The SMILES string of the molecule is C1=CC2=C3C(=C4[CH-]CCCC4C2CC1)Cc1ccccc13.[Cl-].[Cl-].[Zr+2]=[C]1CCCCC1.c1cc[cH-]c1. The van der Waals surface area contributed by atoms with Crippen molar-refractivity contribution in [1.82, 2.24) is 0 Å². The van der Waals surface area contributed by atoms with Crippen molar-refractivity contribution in [2.45, 2.75) is 70.6 Å². The van der Waals surface area contributed by atoms with Crippen LogP contribution in [-0.4, -0.2) is 3.21 Å². The number of halogens is 2. The van der Waals surface area contributed by atoms with Gasteiger partial charge in [-0.15, -0.1) is 6.42 Å². The van der Waals surface area contributed by atoms with E-state index in [4.69, 9.17) is 0 Å². The summed E-state index contributed by atoms with van der Waals surface area (Å²) in [5, 5.41) is 0. The molecule has 5 aliphatic rings. The number of benzene rings is 1. The molecule has 0 spiro atoms. The standard InChI is InChI=1S/C21H21.C6H10.C5H5.2ClH.Zr/c1-2-8-15-14(7-1)13-20-18-11-4-3-9-16(18)17-10-5-6-12-19(17)21(15)20;1-2-4-6-5-3-1;1-2-4-5-3-1;;;/h1-2,6-8,11-12,16-17H,3-5,9-10,13H2;1-5H2;1-5H;2*1H;/q-1;;-1;;;+2/p-2. The molecule has 184 valence electrons. The van der Waals surface area contributed by atoms with Crippen molar-refractivity contribution in [2.24, 2.45) is 11.8 Å². The fourth-order valence-corrected chi connectivity index (χ4v) is 7.22. The van der Waals surface area contributed by atoms with Crippen molar-refractivity contribution >= 4 is 8.78 Å². The summed E-state index contributed by atoms with van der Waals surface area (Å²) in [7, 11) is 0. The summed E-state index contributed by atoms with van der Waals surface area (Å²) >= 11 is 1.69. The van der Waals surface area contributed by atoms with Gasteiger partial charge in [0.05, 0.1) is 0 Å². The van der Waals surface area contributed by atoms with Gasteiger partial charge in [0.2, 0.25) is 0 Å². The van der Waals surface area contributed by atoms with Crippen LogP contribution in [0.25, 0.3) is 5.57 Å². The van der Waals surface area contributed by atoms with Gasteiger partial charge in [-0.2, -0.15) is 23.8 Å². The molecule has 0 aromatic heterocycles. The van der Waals surface area contributed by atoms with E-state index in [0.29, 0.717) is 0 Å². The van der Waals surface area contributed by atoms with Crippen molar-refractivity contribution in [3.8, 4) is 0 Å². The zero-order chi connectivity index (χ0) is 22.5. The molecule has 0 radical (unpaired) electrons. The molecule has 0 N–H and O–H groups in total. The third-order valence-corrected chi connectivity index (χ3v) is 9.14. The van der Waals surface area contributed by atoms with Crippen LogP contribution in [-0.2, 0) is 30.7 Å². The number of fused-ring (bicyclic) bond motifs is 6. The third-order valence-electron chi connectivity index (χ3n) is 7.92. The molecule has 2 fully saturated rings. The molecule has 7 rings (SSSR count). The van der Waals surface area contributed by atoms with E-state index in [0.717, 1.165) is 18.3 Å². The number of rotatable bonds is 0. The summed E-state index contributed by atoms with van der Waals surface area (Å²) < 4.78 is 1.80. The van der Waals surface area contributed by atoms with Crippen molar-refractivity contribution in [3.05, 3.63) is 101 Å². The molecule has 0 amide bonds. The first kappa shape index (κ1) is 28.6. The van der Waals surface area contributed by atoms with Gasteiger partial charge < -0.3 is 24.8 Å². The van der Waals surface area contributed by atoms with Crippen LogP contribution in [0.1, 0.15) is 75.3 Å². The Hall–Kier alpha value is -1.01. The van der Waals surface area contributed by atoms with Crippen molar-refractivity contribution < 1.29 is 49.0 Å². The van der Waals surface area contributed by atoms with E-state index in [-0.39, 0.29) is 24.8 Å². The quantitative estimate of drug-likeness (QED) is 0.419. The maximum atomic E-state index is 2.57. The van der Waals surface area contributed by atoms with E-state index in [1.165, 1.54) is 69.8 Å². The van der Waals surface area contributed by atoms with Gasteiger partial charge in [0.15, 0.2) is 0 Å². The van der Waals surface area contributed by atoms with Crippen LogP contribution in [0.2, 0.25) is 0 Å². The normalized spacial score (nSPS) is 23.4. The molecule has 2 aromatic rings. The maximum Gasteiger partial charge on any atom is -0.172 e. The topological polar surface area (TPSA) is 0 Å². The Morgan fingerprint density at radius 1 is 0.829 bits per heavy atom. The van der Waals surface area contributed by atoms with Gasteiger partial charge in [-0.3, -0.25) is 0 Å². The second-order valence-corrected chi connectivity index (χ2v) is 11.8. The van der Waals surface area contributed by atoms with E-state index in [2.05, 4.69) is 42.8 Å². The monoisotopic (exact) mass is 580 g/mol. The average Bonchev–Trinajstić information content (AvgIpc) is 3.57. The summed E-state index contributed by atoms with van der Waals surface area (Å²) in [6.45, 7) is 0. The second kappa shape index (κ2) is 14.1. The van der Waals surface area contributed by atoms with Crippen molar-refractivity contribution in [1.29, 1.82) is 0 Å². The third kappa shape index (κ3) is 6.66. The predicted octanol–water partition coefficient (Wildman–Crippen LogP) is 2.36. The second-order valence-electron chi connectivity index (χ2n) is 10.1. The first-order chi connectivity index (χ1) is 16.3. The Balaban J connectivity index is 0.000000204. The molecule has 35 heavy (non-hydrogen) atoms. The van der Waals surface area contributed by atoms with Crippen molar-refractivity contribution in [2.75, 3.05) is 0 Å². The fourth-order valence-electron chi connectivity index (χ4n) is 6.35. The van der Waals surface area contributed by atoms with Gasteiger partial charge in [0.1, 0.15) is 0 Å². The molecule has 0 saturated heterocycles. The molecule has 2 atom stereocenters. The molecular formula is C32H36Cl2Zr-2. The van der Waals surface area contributed by atoms with Gasteiger partial charge >= 0.3 is 59.5 Å². The fraction of sp³-hybridized carbons (Fsp3) is 0.406. The maximum absolute atomic E-state index is 2.57. The van der Waals surface area contributed by atoms with E-state index in [1.54, 1.807) is 55.3 Å². The van der Waals surface area contributed by atoms with Gasteiger partial charge in [-0.05, 0) is 36.7 Å². The molecular weight excluding hydrogens is 546 g/mol. The first-order valence-electron chi connectivity index (χ1n) is 13.1. The van der Waals surface area contributed by atoms with Crippen LogP contribution >= 0.6 is 0 Å². The van der Waals surface area contributed by atoms with E-state index in [1.807, 2.05) is 30.3 Å². The molecule has 2 aromatic carbocycles. The molecule has 3 heteroatoms. The zero-order valence-corrected chi connectivity index (χ0v) is 24.6. The minimum Gasteiger partial charge on any atom is -0.214 e. The van der Waals surface area contributed by atoms with E-state index >= 15 is 0 Å². The van der Waals surface area contributed by atoms with E-state index in [9.17, 15) is 0 Å². The van der Waals surface area contributed by atoms with Gasteiger partial charge in [0, 0.05) is 0 Å². The molecule has 2 saturated carbocycles. The minimum absolute atomic E-state index is 0. The number of allylic oxidation sites excluding steroid dienone is 6. The molecule has 0 aliphatic heterocycles. The van der Waals surface area contributed by atoms with Gasteiger partial charge in [-0.25, -0.2) is 24.1 Å². The number of hydrogen-bond acceptors (Lipinski definition) is 0. The van der Waals surface area contributed by atoms with Gasteiger partial charge in [0.25, 0.3) is 0 Å². The van der Waals surface area contributed by atoms with E-state index < -0.39 is 0 Å². The summed E-state index contributed by atoms with van der Waals surface area (Å²) in [5.41, 5.74) is 9.71. The average molecular weight is 583 g/mol. The Labute approximate surface area is 239 Å². The Kier molecular flexibility index (Phi) is 11.5. The Bertz CT molecular complexity index is 1030. The summed E-state index contributed by atoms with van der Waals surface area (Å²) in [4.78, 5) is 0. The summed E-state index contributed by atoms with van der Waals surface area (Å²) in [5.74, 6) is 1.60. The molecule has 0 heterocycles.